The lowest BCUT2D eigenvalue weighted by Gasteiger charge is -2.31. The van der Waals surface area contributed by atoms with Crippen LogP contribution in [0.3, 0.4) is 0 Å². The van der Waals surface area contributed by atoms with E-state index in [1.54, 1.807) is 23.1 Å². The van der Waals surface area contributed by atoms with Crippen LogP contribution in [-0.2, 0) is 4.79 Å². The van der Waals surface area contributed by atoms with E-state index in [4.69, 9.17) is 16.3 Å². The van der Waals surface area contributed by atoms with Gasteiger partial charge in [0.25, 0.3) is 0 Å². The van der Waals surface area contributed by atoms with Crippen molar-refractivity contribution in [2.75, 3.05) is 11.4 Å². The molecule has 36 heavy (non-hydrogen) atoms. The molecule has 9 heteroatoms. The van der Waals surface area contributed by atoms with Crippen LogP contribution in [0.15, 0.2) is 18.2 Å². The Kier molecular flexibility index (Phi) is 9.37. The van der Waals surface area contributed by atoms with Crippen molar-refractivity contribution in [1.82, 2.24) is 10.2 Å². The number of carboxylic acids is 1. The minimum atomic E-state index is -1.06. The Morgan fingerprint density at radius 3 is 2.53 bits per heavy atom. The van der Waals surface area contributed by atoms with E-state index in [0.717, 1.165) is 37.0 Å². The lowest BCUT2D eigenvalue weighted by molar-refractivity contribution is -0.123. The van der Waals surface area contributed by atoms with Crippen molar-refractivity contribution in [1.29, 1.82) is 0 Å². The first-order valence-electron chi connectivity index (χ1n) is 12.3. The summed E-state index contributed by atoms with van der Waals surface area (Å²) in [5.74, 6) is 5.99. The maximum atomic E-state index is 13.7. The van der Waals surface area contributed by atoms with Crippen LogP contribution in [0.1, 0.15) is 81.3 Å². The summed E-state index contributed by atoms with van der Waals surface area (Å²) in [5, 5.41) is 17.9. The maximum absolute atomic E-state index is 13.7. The third kappa shape index (κ3) is 7.94. The van der Waals surface area contributed by atoms with Gasteiger partial charge in [-0.25, -0.2) is 4.79 Å². The Balaban J connectivity index is 1.87. The van der Waals surface area contributed by atoms with E-state index >= 15 is 0 Å². The molecule has 0 bridgehead atoms. The second-order valence-corrected chi connectivity index (χ2v) is 11.9. The molecule has 7 nitrogen and oxygen atoms in total. The molecule has 0 radical (unpaired) electrons. The van der Waals surface area contributed by atoms with Gasteiger partial charge in [-0.2, -0.15) is 0 Å². The van der Waals surface area contributed by atoms with Gasteiger partial charge in [0.15, 0.2) is 5.15 Å². The Bertz CT molecular complexity index is 1120. The summed E-state index contributed by atoms with van der Waals surface area (Å²) in [7, 11) is 0. The number of halogens is 1. The highest BCUT2D eigenvalue weighted by molar-refractivity contribution is 7.15. The average Bonchev–Trinajstić information content (AvgIpc) is 3.24. The van der Waals surface area contributed by atoms with E-state index in [-0.39, 0.29) is 33.4 Å². The molecule has 0 aromatic carbocycles. The molecular formula is C27H34ClN3O4S. The molecule has 0 spiro atoms. The zero-order chi connectivity index (χ0) is 26.5. The molecule has 1 unspecified atom stereocenters. The monoisotopic (exact) mass is 531 g/mol. The summed E-state index contributed by atoms with van der Waals surface area (Å²) in [5.41, 5.74) is 0.187. The van der Waals surface area contributed by atoms with Crippen molar-refractivity contribution in [3.8, 4) is 17.7 Å². The first-order valence-corrected chi connectivity index (χ1v) is 13.5. The number of amides is 1. The standard InChI is InChI=1S/C27H34ClN3O4S/c1-17-6-8-19(9-7-17)25(32)31(15-13-18(2)35-23-11-10-22(28)29-30-23)21-16-20(12-14-27(3,4)5)36-24(21)26(33)34/h10-11,16-19H,6-9,13,15H2,1-5H3,(H,33,34)/t17-,18?,19-. The quantitative estimate of drug-likeness (QED) is 0.401. The molecule has 1 atom stereocenters. The van der Waals surface area contributed by atoms with E-state index in [1.165, 1.54) is 0 Å². The van der Waals surface area contributed by atoms with E-state index < -0.39 is 5.97 Å². The molecule has 0 aliphatic heterocycles. The van der Waals surface area contributed by atoms with Crippen LogP contribution in [0.2, 0.25) is 5.15 Å². The number of anilines is 1. The van der Waals surface area contributed by atoms with Crippen LogP contribution in [0.25, 0.3) is 0 Å². The molecule has 2 aromatic heterocycles. The van der Waals surface area contributed by atoms with Gasteiger partial charge in [0.05, 0.1) is 16.7 Å². The third-order valence-corrected chi connectivity index (χ3v) is 7.31. The zero-order valence-corrected chi connectivity index (χ0v) is 23.1. The highest BCUT2D eigenvalue weighted by atomic mass is 35.5. The number of aromatic carboxylic acids is 1. The van der Waals surface area contributed by atoms with E-state index in [1.807, 2.05) is 27.7 Å². The van der Waals surface area contributed by atoms with Crippen molar-refractivity contribution in [3.05, 3.63) is 33.1 Å². The molecule has 1 aliphatic rings. The minimum Gasteiger partial charge on any atom is -0.477 e. The number of hydrogen-bond acceptors (Lipinski definition) is 6. The molecule has 1 aliphatic carbocycles. The van der Waals surface area contributed by atoms with Crippen molar-refractivity contribution < 1.29 is 19.4 Å². The normalized spacial score (nSPS) is 18.6. The highest BCUT2D eigenvalue weighted by Gasteiger charge is 2.32. The Hall–Kier alpha value is -2.63. The fourth-order valence-corrected chi connectivity index (χ4v) is 5.02. The Morgan fingerprint density at radius 1 is 1.25 bits per heavy atom. The van der Waals surface area contributed by atoms with Crippen LogP contribution in [0.4, 0.5) is 5.69 Å². The van der Waals surface area contributed by atoms with Gasteiger partial charge >= 0.3 is 5.97 Å². The molecule has 194 valence electrons. The van der Waals surface area contributed by atoms with Crippen LogP contribution in [-0.4, -0.2) is 39.8 Å². The van der Waals surface area contributed by atoms with E-state index in [9.17, 15) is 14.7 Å². The second kappa shape index (κ2) is 12.1. The van der Waals surface area contributed by atoms with Gasteiger partial charge in [-0.15, -0.1) is 21.5 Å². The van der Waals surface area contributed by atoms with Crippen LogP contribution in [0.5, 0.6) is 5.88 Å². The third-order valence-electron chi connectivity index (χ3n) is 6.08. The van der Waals surface area contributed by atoms with Crippen LogP contribution in [0, 0.1) is 29.1 Å². The van der Waals surface area contributed by atoms with Crippen molar-refractivity contribution in [2.24, 2.45) is 17.3 Å². The number of carbonyl (C=O) groups is 2. The molecule has 1 N–H and O–H groups in total. The van der Waals surface area contributed by atoms with Crippen LogP contribution >= 0.6 is 22.9 Å². The number of ether oxygens (including phenoxy) is 1. The van der Waals surface area contributed by atoms with Gasteiger partial charge in [0.1, 0.15) is 4.88 Å². The second-order valence-electron chi connectivity index (χ2n) is 10.5. The maximum Gasteiger partial charge on any atom is 0.348 e. The van der Waals surface area contributed by atoms with Crippen molar-refractivity contribution >= 4 is 40.5 Å². The predicted octanol–water partition coefficient (Wildman–Crippen LogP) is 6.30. The Labute approximate surface area is 222 Å². The summed E-state index contributed by atoms with van der Waals surface area (Å²) in [4.78, 5) is 28.3. The van der Waals surface area contributed by atoms with Gasteiger partial charge < -0.3 is 14.7 Å². The number of carbonyl (C=O) groups excluding carboxylic acids is 1. The lowest BCUT2D eigenvalue weighted by Crippen LogP contribution is -2.40. The fraction of sp³-hybridized carbons (Fsp3) is 0.556. The lowest BCUT2D eigenvalue weighted by atomic mass is 9.82. The predicted molar refractivity (Wildman–Crippen MR) is 143 cm³/mol. The number of hydrogen-bond donors (Lipinski definition) is 1. The first kappa shape index (κ1) is 27.9. The number of nitrogens with zero attached hydrogens (tertiary/aromatic N) is 3. The SMILES string of the molecule is CC(CCN(c1cc(C#CC(C)(C)C)sc1C(=O)O)C(=O)[C@H]1CC[C@H](C)CC1)Oc1ccc(Cl)nn1. The minimum absolute atomic E-state index is 0.0315. The molecule has 1 saturated carbocycles. The van der Waals surface area contributed by atoms with Crippen molar-refractivity contribution in [3.63, 3.8) is 0 Å². The molecule has 3 rings (SSSR count). The molecule has 2 heterocycles. The Morgan fingerprint density at radius 2 is 1.94 bits per heavy atom. The molecule has 0 saturated heterocycles. The van der Waals surface area contributed by atoms with Gasteiger partial charge in [0.2, 0.25) is 11.8 Å². The van der Waals surface area contributed by atoms with Crippen molar-refractivity contribution in [2.45, 2.75) is 72.8 Å². The summed E-state index contributed by atoms with van der Waals surface area (Å²) in [6.07, 6.45) is 3.82. The highest BCUT2D eigenvalue weighted by Crippen LogP contribution is 2.35. The average molecular weight is 532 g/mol. The number of aromatic nitrogens is 2. The van der Waals surface area contributed by atoms with E-state index in [2.05, 4.69) is 29.0 Å². The molecule has 2 aromatic rings. The number of rotatable bonds is 8. The van der Waals surface area contributed by atoms with Gasteiger partial charge in [-0.05, 0) is 71.4 Å². The summed E-state index contributed by atoms with van der Waals surface area (Å²) >= 11 is 6.91. The largest absolute Gasteiger partial charge is 0.477 e. The molecular weight excluding hydrogens is 498 g/mol. The first-order chi connectivity index (χ1) is 16.9. The van der Waals surface area contributed by atoms with Gasteiger partial charge in [-0.3, -0.25) is 4.79 Å². The topological polar surface area (TPSA) is 92.6 Å². The zero-order valence-electron chi connectivity index (χ0n) is 21.5. The number of thiophene rings is 1. The van der Waals surface area contributed by atoms with Crippen LogP contribution < -0.4 is 9.64 Å². The molecule has 1 amide bonds. The van der Waals surface area contributed by atoms with Gasteiger partial charge in [0, 0.05) is 30.4 Å². The number of carboxylic acid groups (broad SMARTS) is 1. The smallest absolute Gasteiger partial charge is 0.348 e. The summed E-state index contributed by atoms with van der Waals surface area (Å²) < 4.78 is 5.85. The molecule has 1 fully saturated rings. The van der Waals surface area contributed by atoms with Gasteiger partial charge in [-0.1, -0.05) is 30.4 Å². The fourth-order valence-electron chi connectivity index (χ4n) is 4.07. The van der Waals surface area contributed by atoms with E-state index in [0.29, 0.717) is 35.3 Å². The summed E-state index contributed by atoms with van der Waals surface area (Å²) in [6.45, 7) is 10.4. The summed E-state index contributed by atoms with van der Waals surface area (Å²) in [6, 6.07) is 4.98.